The second-order valence-electron chi connectivity index (χ2n) is 5.29. The first kappa shape index (κ1) is 14.9. The number of nitrogens with one attached hydrogen (secondary N) is 1. The van der Waals surface area contributed by atoms with Crippen molar-refractivity contribution in [2.75, 3.05) is 13.1 Å². The lowest BCUT2D eigenvalue weighted by Crippen LogP contribution is -2.52. The van der Waals surface area contributed by atoms with Crippen molar-refractivity contribution in [2.24, 2.45) is 0 Å². The van der Waals surface area contributed by atoms with Gasteiger partial charge in [-0.05, 0) is 45.1 Å². The maximum Gasteiger partial charge on any atom is 0.257 e. The highest BCUT2D eigenvalue weighted by Gasteiger charge is 2.24. The number of aryl methyl sites for hydroxylation is 1. The van der Waals surface area contributed by atoms with Gasteiger partial charge in [0.25, 0.3) is 5.91 Å². The van der Waals surface area contributed by atoms with Crippen LogP contribution in [0.2, 0.25) is 0 Å². The van der Waals surface area contributed by atoms with Gasteiger partial charge < -0.3 is 9.64 Å². The summed E-state index contributed by atoms with van der Waals surface area (Å²) in [7, 11) is 0. The molecule has 0 saturated carbocycles. The van der Waals surface area contributed by atoms with Crippen molar-refractivity contribution in [1.29, 1.82) is 0 Å². The van der Waals surface area contributed by atoms with Gasteiger partial charge in [0, 0.05) is 18.7 Å². The Morgan fingerprint density at radius 3 is 2.35 bits per heavy atom. The molecule has 1 aliphatic rings. The third-order valence-electron chi connectivity index (χ3n) is 3.24. The maximum atomic E-state index is 12.1. The molecule has 1 heterocycles. The van der Waals surface area contributed by atoms with Crippen LogP contribution in [-0.4, -0.2) is 41.2 Å². The number of carbonyl (C=O) groups excluding carboxylic acids is 1. The van der Waals surface area contributed by atoms with E-state index in [0.29, 0.717) is 23.8 Å². The van der Waals surface area contributed by atoms with Crippen LogP contribution in [0, 0.1) is 6.92 Å². The molecule has 1 aromatic carbocycles. The lowest BCUT2D eigenvalue weighted by atomic mass is 10.1. The minimum Gasteiger partial charge on any atom is -0.372 e. The van der Waals surface area contributed by atoms with E-state index in [1.807, 2.05) is 37.8 Å². The van der Waals surface area contributed by atoms with Gasteiger partial charge in [0.1, 0.15) is 0 Å². The Morgan fingerprint density at radius 1 is 1.25 bits per heavy atom. The molecule has 1 aromatic rings. The number of carbonyl (C=O) groups is 1. The molecule has 1 N–H and O–H groups in total. The van der Waals surface area contributed by atoms with E-state index in [4.69, 9.17) is 17.0 Å². The molecule has 1 fully saturated rings. The molecule has 108 valence electrons. The first-order valence-electron chi connectivity index (χ1n) is 6.78. The number of ether oxygens (including phenoxy) is 1. The van der Waals surface area contributed by atoms with Gasteiger partial charge in [-0.1, -0.05) is 17.7 Å². The van der Waals surface area contributed by atoms with Gasteiger partial charge in [0.2, 0.25) is 0 Å². The normalized spacial score (nSPS) is 22.4. The number of benzene rings is 1. The van der Waals surface area contributed by atoms with Crippen LogP contribution >= 0.6 is 12.2 Å². The number of morpholine rings is 1. The molecule has 0 aromatic heterocycles. The van der Waals surface area contributed by atoms with Crippen molar-refractivity contribution >= 4 is 23.2 Å². The summed E-state index contributed by atoms with van der Waals surface area (Å²) in [5.41, 5.74) is 1.74. The second-order valence-corrected chi connectivity index (χ2v) is 5.67. The fourth-order valence-corrected chi connectivity index (χ4v) is 2.54. The fourth-order valence-electron chi connectivity index (χ4n) is 2.30. The Balaban J connectivity index is 1.97. The highest BCUT2D eigenvalue weighted by molar-refractivity contribution is 7.80. The van der Waals surface area contributed by atoms with Crippen molar-refractivity contribution in [2.45, 2.75) is 33.0 Å². The predicted molar refractivity (Wildman–Crippen MR) is 82.8 cm³/mol. The summed E-state index contributed by atoms with van der Waals surface area (Å²) in [6.07, 6.45) is 0.237. The molecule has 0 spiro atoms. The molecule has 0 bridgehead atoms. The van der Waals surface area contributed by atoms with Gasteiger partial charge >= 0.3 is 0 Å². The average molecular weight is 292 g/mol. The molecule has 2 rings (SSSR count). The van der Waals surface area contributed by atoms with Gasteiger partial charge in [-0.15, -0.1) is 0 Å². The van der Waals surface area contributed by atoms with Crippen molar-refractivity contribution in [3.8, 4) is 0 Å². The molecule has 5 heteroatoms. The van der Waals surface area contributed by atoms with Crippen LogP contribution in [0.5, 0.6) is 0 Å². The van der Waals surface area contributed by atoms with E-state index in [1.54, 1.807) is 12.1 Å². The number of rotatable bonds is 1. The van der Waals surface area contributed by atoms with E-state index < -0.39 is 0 Å². The fraction of sp³-hybridized carbons (Fsp3) is 0.467. The zero-order valence-corrected chi connectivity index (χ0v) is 12.9. The van der Waals surface area contributed by atoms with Crippen molar-refractivity contribution in [3.63, 3.8) is 0 Å². The van der Waals surface area contributed by atoms with Crippen molar-refractivity contribution in [1.82, 2.24) is 10.2 Å². The lowest BCUT2D eigenvalue weighted by Gasteiger charge is -2.36. The second kappa shape index (κ2) is 6.33. The molecule has 0 aliphatic carbocycles. The lowest BCUT2D eigenvalue weighted by molar-refractivity contribution is -0.0481. The van der Waals surface area contributed by atoms with E-state index >= 15 is 0 Å². The van der Waals surface area contributed by atoms with Gasteiger partial charge in [0.05, 0.1) is 12.2 Å². The van der Waals surface area contributed by atoms with Crippen LogP contribution in [0.3, 0.4) is 0 Å². The molecule has 0 radical (unpaired) electrons. The minimum absolute atomic E-state index is 0.118. The molecular weight excluding hydrogens is 272 g/mol. The van der Waals surface area contributed by atoms with Crippen molar-refractivity contribution < 1.29 is 9.53 Å². The summed E-state index contributed by atoms with van der Waals surface area (Å²) in [4.78, 5) is 14.1. The molecule has 20 heavy (non-hydrogen) atoms. The third-order valence-corrected chi connectivity index (χ3v) is 3.60. The Labute approximate surface area is 125 Å². The summed E-state index contributed by atoms with van der Waals surface area (Å²) in [6, 6.07) is 7.43. The van der Waals surface area contributed by atoms with Crippen LogP contribution in [0.4, 0.5) is 0 Å². The first-order valence-corrected chi connectivity index (χ1v) is 7.19. The molecule has 4 nitrogen and oxygen atoms in total. The number of hydrogen-bond acceptors (Lipinski definition) is 3. The molecule has 2 atom stereocenters. The Kier molecular flexibility index (Phi) is 4.73. The van der Waals surface area contributed by atoms with E-state index in [1.165, 1.54) is 0 Å². The van der Waals surface area contributed by atoms with E-state index in [-0.39, 0.29) is 18.1 Å². The van der Waals surface area contributed by atoms with Gasteiger partial charge in [-0.2, -0.15) is 0 Å². The number of hydrogen-bond donors (Lipinski definition) is 1. The minimum atomic E-state index is -0.165. The maximum absolute atomic E-state index is 12.1. The largest absolute Gasteiger partial charge is 0.372 e. The summed E-state index contributed by atoms with van der Waals surface area (Å²) in [6.45, 7) is 7.41. The number of nitrogens with zero attached hydrogens (tertiary/aromatic N) is 1. The SMILES string of the molecule is Cc1ccc(C(=O)NC(=S)N2C[C@@H](C)O[C@@H](C)C2)cc1. The predicted octanol–water partition coefficient (Wildman–Crippen LogP) is 2.12. The van der Waals surface area contributed by atoms with E-state index in [0.717, 1.165) is 5.56 Å². The van der Waals surface area contributed by atoms with Crippen LogP contribution in [-0.2, 0) is 4.74 Å². The van der Waals surface area contributed by atoms with E-state index in [9.17, 15) is 4.79 Å². The number of amides is 1. The third kappa shape index (κ3) is 3.77. The van der Waals surface area contributed by atoms with Crippen molar-refractivity contribution in [3.05, 3.63) is 35.4 Å². The molecule has 0 unspecified atom stereocenters. The summed E-state index contributed by atoms with van der Waals surface area (Å²) < 4.78 is 5.66. The average Bonchev–Trinajstić information content (AvgIpc) is 2.38. The van der Waals surface area contributed by atoms with Gasteiger partial charge in [0.15, 0.2) is 5.11 Å². The Morgan fingerprint density at radius 2 is 1.80 bits per heavy atom. The van der Waals surface area contributed by atoms with Crippen LogP contribution in [0.15, 0.2) is 24.3 Å². The monoisotopic (exact) mass is 292 g/mol. The Hall–Kier alpha value is -1.46. The molecule has 1 saturated heterocycles. The highest BCUT2D eigenvalue weighted by atomic mass is 32.1. The van der Waals surface area contributed by atoms with Crippen LogP contribution < -0.4 is 5.32 Å². The quantitative estimate of drug-likeness (QED) is 0.805. The first-order chi connectivity index (χ1) is 9.45. The number of thiocarbonyl (C=S) groups is 1. The van der Waals surface area contributed by atoms with Crippen LogP contribution in [0.1, 0.15) is 29.8 Å². The zero-order chi connectivity index (χ0) is 14.7. The topological polar surface area (TPSA) is 41.6 Å². The summed E-state index contributed by atoms with van der Waals surface area (Å²) in [5.74, 6) is -0.165. The molecule has 1 aliphatic heterocycles. The summed E-state index contributed by atoms with van der Waals surface area (Å²) >= 11 is 5.32. The van der Waals surface area contributed by atoms with E-state index in [2.05, 4.69) is 5.32 Å². The highest BCUT2D eigenvalue weighted by Crippen LogP contribution is 2.11. The standard InChI is InChI=1S/C15H20N2O2S/c1-10-4-6-13(7-5-10)14(18)16-15(20)17-8-11(2)19-12(3)9-17/h4-7,11-12H,8-9H2,1-3H3,(H,16,18,20)/t11-,12+. The molecular formula is C15H20N2O2S. The summed E-state index contributed by atoms with van der Waals surface area (Å²) in [5, 5.41) is 3.26. The van der Waals surface area contributed by atoms with Gasteiger partial charge in [-0.25, -0.2) is 0 Å². The van der Waals surface area contributed by atoms with Crippen LogP contribution in [0.25, 0.3) is 0 Å². The Bertz CT molecular complexity index is 491. The smallest absolute Gasteiger partial charge is 0.257 e. The van der Waals surface area contributed by atoms with Gasteiger partial charge in [-0.3, -0.25) is 10.1 Å². The zero-order valence-electron chi connectivity index (χ0n) is 12.1. The molecule has 1 amide bonds.